The number of amides is 1. The molecule has 0 saturated carbocycles. The minimum absolute atomic E-state index is 0.0915. The lowest BCUT2D eigenvalue weighted by Crippen LogP contribution is -2.51. The van der Waals surface area contributed by atoms with E-state index in [1.807, 2.05) is 6.92 Å². The monoisotopic (exact) mass is 457 g/mol. The highest BCUT2D eigenvalue weighted by Gasteiger charge is 2.31. The van der Waals surface area contributed by atoms with Crippen molar-refractivity contribution >= 4 is 22.1 Å². The van der Waals surface area contributed by atoms with Crippen molar-refractivity contribution in [3.8, 4) is 0 Å². The largest absolute Gasteiger partial charge is 0.445 e. The SMILES string of the molecule is Cc1cc(C)c(S(=O)(=O)NC(CNC(=O)OC(C)(C)C)C(=O)OC(C)N(C)C)c(C)c1. The first-order valence-corrected chi connectivity index (χ1v) is 11.5. The lowest BCUT2D eigenvalue weighted by molar-refractivity contribution is -0.157. The fourth-order valence-corrected chi connectivity index (χ4v) is 4.50. The van der Waals surface area contributed by atoms with Crippen LogP contribution in [0.3, 0.4) is 0 Å². The Kier molecular flexibility index (Phi) is 9.04. The van der Waals surface area contributed by atoms with Gasteiger partial charge in [-0.05, 0) is 73.7 Å². The van der Waals surface area contributed by atoms with Crippen LogP contribution < -0.4 is 10.0 Å². The van der Waals surface area contributed by atoms with Gasteiger partial charge in [0.2, 0.25) is 10.0 Å². The fourth-order valence-electron chi connectivity index (χ4n) is 2.87. The molecule has 1 rings (SSSR count). The second-order valence-electron chi connectivity index (χ2n) is 8.78. The molecular weight excluding hydrogens is 422 g/mol. The van der Waals surface area contributed by atoms with Gasteiger partial charge >= 0.3 is 12.1 Å². The zero-order valence-electron chi connectivity index (χ0n) is 19.8. The van der Waals surface area contributed by atoms with E-state index in [1.165, 1.54) is 0 Å². The third-order valence-electron chi connectivity index (χ3n) is 4.32. The maximum atomic E-state index is 13.1. The Morgan fingerprint density at radius 3 is 2.06 bits per heavy atom. The summed E-state index contributed by atoms with van der Waals surface area (Å²) in [5, 5.41) is 2.43. The molecular formula is C21H35N3O6S. The van der Waals surface area contributed by atoms with Gasteiger partial charge in [0.1, 0.15) is 11.6 Å². The number of aryl methyl sites for hydroxylation is 3. The van der Waals surface area contributed by atoms with Gasteiger partial charge in [-0.15, -0.1) is 0 Å². The standard InChI is InChI=1S/C21H35N3O6S/c1-13-10-14(2)18(15(3)11-13)31(27,28)23-17(19(25)29-16(4)24(8)9)12-22-20(26)30-21(5,6)7/h10-11,16-17,23H,12H2,1-9H3,(H,22,26). The number of sulfonamides is 1. The van der Waals surface area contributed by atoms with E-state index in [-0.39, 0.29) is 11.4 Å². The number of nitrogens with one attached hydrogen (secondary N) is 2. The molecule has 10 heteroatoms. The Balaban J connectivity index is 3.15. The van der Waals surface area contributed by atoms with Crippen molar-refractivity contribution in [2.45, 2.75) is 71.2 Å². The molecule has 1 aromatic rings. The van der Waals surface area contributed by atoms with Crippen molar-refractivity contribution in [3.05, 3.63) is 28.8 Å². The Morgan fingerprint density at radius 2 is 1.61 bits per heavy atom. The third-order valence-corrected chi connectivity index (χ3v) is 6.09. The Labute approximate surface area is 185 Å². The molecule has 0 fully saturated rings. The van der Waals surface area contributed by atoms with Gasteiger partial charge < -0.3 is 14.8 Å². The predicted octanol–water partition coefficient (Wildman–Crippen LogP) is 2.23. The number of hydrogen-bond donors (Lipinski definition) is 2. The summed E-state index contributed by atoms with van der Waals surface area (Å²) in [5.74, 6) is -0.816. The normalized spacial score (nSPS) is 14.1. The maximum absolute atomic E-state index is 13.1. The van der Waals surface area contributed by atoms with Crippen molar-refractivity contribution < 1.29 is 27.5 Å². The van der Waals surface area contributed by atoms with E-state index >= 15 is 0 Å². The highest BCUT2D eigenvalue weighted by Crippen LogP contribution is 2.22. The number of benzene rings is 1. The second-order valence-corrected chi connectivity index (χ2v) is 10.4. The maximum Gasteiger partial charge on any atom is 0.407 e. The van der Waals surface area contributed by atoms with Crippen LogP contribution in [0, 0.1) is 20.8 Å². The molecule has 0 heterocycles. The molecule has 1 aromatic carbocycles. The number of carbonyl (C=O) groups is 2. The smallest absolute Gasteiger partial charge is 0.407 e. The number of esters is 1. The Bertz CT molecular complexity index is 883. The first kappa shape index (κ1) is 26.9. The molecule has 31 heavy (non-hydrogen) atoms. The number of nitrogens with zero attached hydrogens (tertiary/aromatic N) is 1. The van der Waals surface area contributed by atoms with Gasteiger partial charge in [0.05, 0.1) is 4.90 Å². The van der Waals surface area contributed by atoms with Gasteiger partial charge in [-0.3, -0.25) is 9.69 Å². The van der Waals surface area contributed by atoms with E-state index in [2.05, 4.69) is 10.0 Å². The van der Waals surface area contributed by atoms with Crippen molar-refractivity contribution in [1.82, 2.24) is 14.9 Å². The predicted molar refractivity (Wildman–Crippen MR) is 118 cm³/mol. The van der Waals surface area contributed by atoms with Crippen LogP contribution in [0.5, 0.6) is 0 Å². The Morgan fingerprint density at radius 1 is 1.10 bits per heavy atom. The van der Waals surface area contributed by atoms with E-state index in [0.717, 1.165) is 5.56 Å². The second kappa shape index (κ2) is 10.4. The van der Waals surface area contributed by atoms with E-state index in [0.29, 0.717) is 11.1 Å². The molecule has 0 spiro atoms. The molecule has 0 saturated heterocycles. The lowest BCUT2D eigenvalue weighted by Gasteiger charge is -2.25. The molecule has 0 radical (unpaired) electrons. The number of ether oxygens (including phenoxy) is 2. The van der Waals surface area contributed by atoms with Crippen LogP contribution in [0.25, 0.3) is 0 Å². The molecule has 0 bridgehead atoms. The molecule has 1 amide bonds. The number of alkyl carbamates (subject to hydrolysis) is 1. The summed E-state index contributed by atoms with van der Waals surface area (Å²) in [6, 6.07) is 2.16. The van der Waals surface area contributed by atoms with Crippen LogP contribution in [0.15, 0.2) is 17.0 Å². The van der Waals surface area contributed by atoms with Gasteiger partial charge in [0.15, 0.2) is 6.23 Å². The van der Waals surface area contributed by atoms with Crippen molar-refractivity contribution in [1.29, 1.82) is 0 Å². The third kappa shape index (κ3) is 8.47. The van der Waals surface area contributed by atoms with Crippen LogP contribution in [0.2, 0.25) is 0 Å². The summed E-state index contributed by atoms with van der Waals surface area (Å²) in [6.45, 7) is 11.7. The van der Waals surface area contributed by atoms with E-state index in [1.54, 1.807) is 72.7 Å². The average molecular weight is 458 g/mol. The van der Waals surface area contributed by atoms with Gasteiger partial charge in [0, 0.05) is 6.54 Å². The highest BCUT2D eigenvalue weighted by molar-refractivity contribution is 7.89. The summed E-state index contributed by atoms with van der Waals surface area (Å²) in [6.07, 6.45) is -1.36. The first-order valence-electron chi connectivity index (χ1n) is 9.97. The van der Waals surface area contributed by atoms with Gasteiger partial charge in [-0.1, -0.05) is 17.7 Å². The van der Waals surface area contributed by atoms with Crippen LogP contribution in [0.1, 0.15) is 44.4 Å². The summed E-state index contributed by atoms with van der Waals surface area (Å²) in [4.78, 5) is 26.5. The van der Waals surface area contributed by atoms with Gasteiger partial charge in [-0.25, -0.2) is 13.2 Å². The first-order chi connectivity index (χ1) is 14.0. The molecule has 0 aliphatic carbocycles. The quantitative estimate of drug-likeness (QED) is 0.454. The van der Waals surface area contributed by atoms with E-state index in [4.69, 9.17) is 9.47 Å². The molecule has 0 aliphatic heterocycles. The van der Waals surface area contributed by atoms with Gasteiger partial charge in [-0.2, -0.15) is 4.72 Å². The molecule has 2 unspecified atom stereocenters. The molecule has 0 aliphatic rings. The van der Waals surface area contributed by atoms with Crippen LogP contribution in [-0.2, 0) is 24.3 Å². The summed E-state index contributed by atoms with van der Waals surface area (Å²) >= 11 is 0. The minimum atomic E-state index is -4.08. The zero-order valence-corrected chi connectivity index (χ0v) is 20.6. The van der Waals surface area contributed by atoms with Crippen LogP contribution in [-0.4, -0.2) is 63.9 Å². The topological polar surface area (TPSA) is 114 Å². The number of hydrogen-bond acceptors (Lipinski definition) is 7. The average Bonchev–Trinajstić information content (AvgIpc) is 2.55. The zero-order chi connectivity index (χ0) is 24.1. The number of rotatable bonds is 8. The molecule has 2 N–H and O–H groups in total. The molecule has 9 nitrogen and oxygen atoms in total. The lowest BCUT2D eigenvalue weighted by atomic mass is 10.1. The summed E-state index contributed by atoms with van der Waals surface area (Å²) in [5.41, 5.74) is 1.30. The minimum Gasteiger partial charge on any atom is -0.445 e. The summed E-state index contributed by atoms with van der Waals surface area (Å²) < 4.78 is 39.1. The number of carbonyl (C=O) groups excluding carboxylic acids is 2. The van der Waals surface area contributed by atoms with Crippen molar-refractivity contribution in [2.75, 3.05) is 20.6 Å². The fraction of sp³-hybridized carbons (Fsp3) is 0.619. The molecule has 176 valence electrons. The van der Waals surface area contributed by atoms with Crippen molar-refractivity contribution in [3.63, 3.8) is 0 Å². The molecule has 0 aromatic heterocycles. The summed E-state index contributed by atoms with van der Waals surface area (Å²) in [7, 11) is -0.644. The van der Waals surface area contributed by atoms with Gasteiger partial charge in [0.25, 0.3) is 0 Å². The van der Waals surface area contributed by atoms with Crippen molar-refractivity contribution in [2.24, 2.45) is 0 Å². The van der Waals surface area contributed by atoms with Crippen LogP contribution >= 0.6 is 0 Å². The highest BCUT2D eigenvalue weighted by atomic mass is 32.2. The van der Waals surface area contributed by atoms with Crippen LogP contribution in [0.4, 0.5) is 4.79 Å². The van der Waals surface area contributed by atoms with E-state index in [9.17, 15) is 18.0 Å². The Hall–Kier alpha value is -2.17. The van der Waals surface area contributed by atoms with E-state index < -0.39 is 40.0 Å². The molecule has 2 atom stereocenters.